The first kappa shape index (κ1) is 15.5. The molecule has 1 aromatic carbocycles. The Hall–Kier alpha value is -0.530. The van der Waals surface area contributed by atoms with Crippen molar-refractivity contribution in [1.82, 2.24) is 5.32 Å². The van der Waals surface area contributed by atoms with Gasteiger partial charge in [0.2, 0.25) is 0 Å². The highest BCUT2D eigenvalue weighted by molar-refractivity contribution is 14.1. The van der Waals surface area contributed by atoms with Gasteiger partial charge in [0, 0.05) is 20.3 Å². The van der Waals surface area contributed by atoms with Gasteiger partial charge in [0.25, 0.3) is 0 Å². The lowest BCUT2D eigenvalue weighted by Gasteiger charge is -2.12. The van der Waals surface area contributed by atoms with E-state index in [4.69, 9.17) is 14.2 Å². The zero-order valence-electron chi connectivity index (χ0n) is 11.1. The van der Waals surface area contributed by atoms with Gasteiger partial charge in [-0.2, -0.15) is 0 Å². The third-order valence-electron chi connectivity index (χ3n) is 2.52. The van der Waals surface area contributed by atoms with Gasteiger partial charge in [-0.25, -0.2) is 0 Å². The monoisotopic (exact) mass is 365 g/mol. The number of hydrogen-bond donors (Lipinski definition) is 1. The highest BCUT2D eigenvalue weighted by Gasteiger charge is 2.09. The quantitative estimate of drug-likeness (QED) is 0.568. The average molecular weight is 365 g/mol. The van der Waals surface area contributed by atoms with E-state index in [0.717, 1.165) is 41.2 Å². The first-order valence-corrected chi connectivity index (χ1v) is 6.90. The summed E-state index contributed by atoms with van der Waals surface area (Å²) in [7, 11) is 5.03. The fraction of sp³-hybridized carbons (Fsp3) is 0.538. The van der Waals surface area contributed by atoms with E-state index < -0.39 is 0 Å². The van der Waals surface area contributed by atoms with E-state index in [1.54, 1.807) is 21.3 Å². The molecule has 1 rings (SSSR count). The largest absolute Gasteiger partial charge is 0.493 e. The van der Waals surface area contributed by atoms with Crippen molar-refractivity contribution in [3.05, 3.63) is 21.3 Å². The van der Waals surface area contributed by atoms with Crippen LogP contribution < -0.4 is 14.8 Å². The first-order valence-electron chi connectivity index (χ1n) is 5.83. The zero-order chi connectivity index (χ0) is 13.4. The van der Waals surface area contributed by atoms with Gasteiger partial charge in [-0.3, -0.25) is 0 Å². The van der Waals surface area contributed by atoms with E-state index >= 15 is 0 Å². The summed E-state index contributed by atoms with van der Waals surface area (Å²) < 4.78 is 16.7. The lowest BCUT2D eigenvalue weighted by Crippen LogP contribution is -2.16. The van der Waals surface area contributed by atoms with Gasteiger partial charge in [-0.15, -0.1) is 0 Å². The topological polar surface area (TPSA) is 39.7 Å². The molecule has 0 unspecified atom stereocenters. The summed E-state index contributed by atoms with van der Waals surface area (Å²) in [4.78, 5) is 0. The smallest absolute Gasteiger partial charge is 0.174 e. The summed E-state index contributed by atoms with van der Waals surface area (Å²) in [6.45, 7) is 2.55. The molecule has 4 nitrogen and oxygen atoms in total. The molecule has 0 aliphatic heterocycles. The number of methoxy groups -OCH3 is 3. The maximum Gasteiger partial charge on any atom is 0.174 e. The molecule has 0 spiro atoms. The van der Waals surface area contributed by atoms with E-state index in [1.165, 1.54) is 5.56 Å². The van der Waals surface area contributed by atoms with Crippen LogP contribution in [-0.4, -0.2) is 34.5 Å². The van der Waals surface area contributed by atoms with Crippen LogP contribution in [0.1, 0.15) is 12.0 Å². The molecular formula is C13H20INO3. The Morgan fingerprint density at radius 2 is 1.94 bits per heavy atom. The minimum absolute atomic E-state index is 0.776. The van der Waals surface area contributed by atoms with Crippen LogP contribution in [0.25, 0.3) is 0 Å². The van der Waals surface area contributed by atoms with Crippen molar-refractivity contribution in [3.63, 3.8) is 0 Å². The fourth-order valence-corrected chi connectivity index (χ4v) is 2.53. The number of nitrogens with one attached hydrogen (secondary N) is 1. The molecule has 0 saturated heterocycles. The molecule has 18 heavy (non-hydrogen) atoms. The predicted octanol–water partition coefficient (Wildman–Crippen LogP) is 2.43. The molecule has 0 heterocycles. The molecule has 0 fully saturated rings. The average Bonchev–Trinajstić information content (AvgIpc) is 2.37. The van der Waals surface area contributed by atoms with Crippen LogP contribution in [0.15, 0.2) is 12.1 Å². The van der Waals surface area contributed by atoms with Gasteiger partial charge in [0.1, 0.15) is 0 Å². The molecule has 0 bridgehead atoms. The molecule has 5 heteroatoms. The normalized spacial score (nSPS) is 10.4. The molecule has 0 radical (unpaired) electrons. The van der Waals surface area contributed by atoms with Gasteiger partial charge in [-0.05, 0) is 53.3 Å². The van der Waals surface area contributed by atoms with Crippen molar-refractivity contribution in [2.45, 2.75) is 13.0 Å². The van der Waals surface area contributed by atoms with Crippen LogP contribution in [0.4, 0.5) is 0 Å². The third kappa shape index (κ3) is 4.62. The van der Waals surface area contributed by atoms with Crippen molar-refractivity contribution >= 4 is 22.6 Å². The molecule has 102 valence electrons. The summed E-state index contributed by atoms with van der Waals surface area (Å²) in [5.74, 6) is 1.57. The lowest BCUT2D eigenvalue weighted by molar-refractivity contribution is 0.194. The van der Waals surface area contributed by atoms with Crippen LogP contribution in [0.2, 0.25) is 0 Å². The molecule has 0 amide bonds. The number of ether oxygens (including phenoxy) is 3. The van der Waals surface area contributed by atoms with E-state index in [-0.39, 0.29) is 0 Å². The highest BCUT2D eigenvalue weighted by atomic mass is 127. The third-order valence-corrected chi connectivity index (χ3v) is 3.33. The van der Waals surface area contributed by atoms with Gasteiger partial charge in [0.05, 0.1) is 17.8 Å². The maximum absolute atomic E-state index is 5.33. The van der Waals surface area contributed by atoms with E-state index in [9.17, 15) is 0 Å². The van der Waals surface area contributed by atoms with E-state index in [2.05, 4.69) is 34.0 Å². The van der Waals surface area contributed by atoms with E-state index in [1.807, 2.05) is 6.07 Å². The molecule has 1 N–H and O–H groups in total. The number of halogens is 1. The summed E-state index contributed by atoms with van der Waals surface area (Å²) >= 11 is 2.26. The molecule has 0 atom stereocenters. The molecule has 0 aliphatic carbocycles. The summed E-state index contributed by atoms with van der Waals surface area (Å²) in [6.07, 6.45) is 1.01. The van der Waals surface area contributed by atoms with Crippen LogP contribution in [0.5, 0.6) is 11.5 Å². The summed E-state index contributed by atoms with van der Waals surface area (Å²) in [6, 6.07) is 4.11. The number of benzene rings is 1. The second-order valence-electron chi connectivity index (χ2n) is 3.84. The van der Waals surface area contributed by atoms with Crippen molar-refractivity contribution in [1.29, 1.82) is 0 Å². The Kier molecular flexibility index (Phi) is 7.38. The SMILES string of the molecule is COCCCNCc1cc(I)c(OC)c(OC)c1. The number of hydrogen-bond acceptors (Lipinski definition) is 4. The zero-order valence-corrected chi connectivity index (χ0v) is 13.2. The van der Waals surface area contributed by atoms with Gasteiger partial charge >= 0.3 is 0 Å². The van der Waals surface area contributed by atoms with Crippen molar-refractivity contribution in [3.8, 4) is 11.5 Å². The van der Waals surface area contributed by atoms with E-state index in [0.29, 0.717) is 0 Å². The van der Waals surface area contributed by atoms with Gasteiger partial charge in [0.15, 0.2) is 11.5 Å². The Labute approximate surface area is 122 Å². The van der Waals surface area contributed by atoms with Crippen LogP contribution in [0.3, 0.4) is 0 Å². The summed E-state index contributed by atoms with van der Waals surface area (Å²) in [5.41, 5.74) is 1.19. The minimum atomic E-state index is 0.776. The molecule has 0 aliphatic rings. The van der Waals surface area contributed by atoms with Gasteiger partial charge < -0.3 is 19.5 Å². The highest BCUT2D eigenvalue weighted by Crippen LogP contribution is 2.33. The fourth-order valence-electron chi connectivity index (χ4n) is 1.65. The summed E-state index contributed by atoms with van der Waals surface area (Å²) in [5, 5.41) is 3.37. The molecule has 1 aromatic rings. The van der Waals surface area contributed by atoms with Crippen molar-refractivity contribution < 1.29 is 14.2 Å². The van der Waals surface area contributed by atoms with Gasteiger partial charge in [-0.1, -0.05) is 0 Å². The molecule has 0 aromatic heterocycles. The molecule has 0 saturated carbocycles. The standard InChI is InChI=1S/C13H20INO3/c1-16-6-4-5-15-9-10-7-11(14)13(18-3)12(8-10)17-2/h7-8,15H,4-6,9H2,1-3H3. The Bertz CT molecular complexity index is 371. The Morgan fingerprint density at radius 1 is 1.17 bits per heavy atom. The first-order chi connectivity index (χ1) is 8.72. The Balaban J connectivity index is 2.58. The second-order valence-corrected chi connectivity index (χ2v) is 5.00. The van der Waals surface area contributed by atoms with Crippen LogP contribution in [0, 0.1) is 3.57 Å². The van der Waals surface area contributed by atoms with Crippen molar-refractivity contribution in [2.75, 3.05) is 34.5 Å². The lowest BCUT2D eigenvalue weighted by atomic mass is 10.2. The van der Waals surface area contributed by atoms with Crippen LogP contribution in [-0.2, 0) is 11.3 Å². The molecular weight excluding hydrogens is 345 g/mol. The maximum atomic E-state index is 5.33. The number of rotatable bonds is 8. The minimum Gasteiger partial charge on any atom is -0.493 e. The Morgan fingerprint density at radius 3 is 2.56 bits per heavy atom. The van der Waals surface area contributed by atoms with Crippen molar-refractivity contribution in [2.24, 2.45) is 0 Å². The predicted molar refractivity (Wildman–Crippen MR) is 80.5 cm³/mol. The second kappa shape index (κ2) is 8.55. The van der Waals surface area contributed by atoms with Crippen LogP contribution >= 0.6 is 22.6 Å².